The fourth-order valence-electron chi connectivity index (χ4n) is 3.80. The SMILES string of the molecule is Cn1cnnc1-c1cc(F)ccc1-c1cccc(-c2nc3cc([C@@H](N)C(F)(F)F)cc(F)c3o2)c1. The molecule has 2 N–H and O–H groups in total. The highest BCUT2D eigenvalue weighted by atomic mass is 19.4. The van der Waals surface area contributed by atoms with Gasteiger partial charge in [0.15, 0.2) is 17.2 Å². The molecule has 0 aliphatic heterocycles. The summed E-state index contributed by atoms with van der Waals surface area (Å²) in [6.07, 6.45) is -3.25. The van der Waals surface area contributed by atoms with Crippen LogP contribution in [0.25, 0.3) is 45.1 Å². The quantitative estimate of drug-likeness (QED) is 0.326. The highest BCUT2D eigenvalue weighted by Crippen LogP contribution is 2.36. The summed E-state index contributed by atoms with van der Waals surface area (Å²) in [4.78, 5) is 4.19. The lowest BCUT2D eigenvalue weighted by Gasteiger charge is -2.15. The molecule has 0 saturated carbocycles. The van der Waals surface area contributed by atoms with Gasteiger partial charge < -0.3 is 14.7 Å². The minimum atomic E-state index is -4.74. The van der Waals surface area contributed by atoms with Crippen molar-refractivity contribution in [3.8, 4) is 34.0 Å². The Hall–Kier alpha value is -4.12. The molecule has 5 rings (SSSR count). The molecule has 1 atom stereocenters. The van der Waals surface area contributed by atoms with Gasteiger partial charge in [-0.25, -0.2) is 13.8 Å². The molecular weight excluding hydrogens is 469 g/mol. The number of rotatable bonds is 4. The largest absolute Gasteiger partial charge is 0.433 e. The van der Waals surface area contributed by atoms with E-state index < -0.39 is 29.4 Å². The van der Waals surface area contributed by atoms with Crippen molar-refractivity contribution in [1.82, 2.24) is 19.7 Å². The van der Waals surface area contributed by atoms with Gasteiger partial charge in [0.1, 0.15) is 23.7 Å². The van der Waals surface area contributed by atoms with E-state index in [4.69, 9.17) is 10.2 Å². The minimum Gasteiger partial charge on any atom is -0.433 e. The summed E-state index contributed by atoms with van der Waals surface area (Å²) in [5.41, 5.74) is 6.61. The van der Waals surface area contributed by atoms with Crippen LogP contribution >= 0.6 is 0 Å². The molecule has 0 saturated heterocycles. The Labute approximate surface area is 194 Å². The summed E-state index contributed by atoms with van der Waals surface area (Å²) in [6.45, 7) is 0. The van der Waals surface area contributed by atoms with Crippen LogP contribution in [-0.4, -0.2) is 25.9 Å². The Kier molecular flexibility index (Phi) is 5.36. The normalized spacial score (nSPS) is 12.9. The van der Waals surface area contributed by atoms with E-state index in [1.807, 2.05) is 0 Å². The lowest BCUT2D eigenvalue weighted by Crippen LogP contribution is -2.28. The molecule has 2 aromatic heterocycles. The number of nitrogens with two attached hydrogens (primary N) is 1. The number of hydrogen-bond donors (Lipinski definition) is 1. The van der Waals surface area contributed by atoms with Crippen LogP contribution < -0.4 is 5.73 Å². The van der Waals surface area contributed by atoms with Gasteiger partial charge in [-0.05, 0) is 53.1 Å². The van der Waals surface area contributed by atoms with Crippen molar-refractivity contribution in [1.29, 1.82) is 0 Å². The molecule has 0 unspecified atom stereocenters. The molecule has 0 amide bonds. The van der Waals surface area contributed by atoms with Gasteiger partial charge in [0.25, 0.3) is 0 Å². The Morgan fingerprint density at radius 1 is 0.971 bits per heavy atom. The molecule has 0 aliphatic rings. The average Bonchev–Trinajstić information content (AvgIpc) is 3.44. The number of nitrogens with zero attached hydrogens (tertiary/aromatic N) is 4. The molecule has 6 nitrogen and oxygen atoms in total. The van der Waals surface area contributed by atoms with Gasteiger partial charge in [-0.2, -0.15) is 13.2 Å². The maximum Gasteiger partial charge on any atom is 0.407 e. The van der Waals surface area contributed by atoms with Crippen LogP contribution in [0.3, 0.4) is 0 Å². The van der Waals surface area contributed by atoms with E-state index in [0.29, 0.717) is 34.1 Å². The second-order valence-corrected chi connectivity index (χ2v) is 7.93. The van der Waals surface area contributed by atoms with Crippen LogP contribution in [-0.2, 0) is 7.05 Å². The summed E-state index contributed by atoms with van der Waals surface area (Å²) in [7, 11) is 1.73. The number of fused-ring (bicyclic) bond motifs is 1. The number of oxazole rings is 1. The van der Waals surface area contributed by atoms with Gasteiger partial charge in [0.2, 0.25) is 5.89 Å². The Balaban J connectivity index is 1.59. The number of alkyl halides is 3. The summed E-state index contributed by atoms with van der Waals surface area (Å²) in [5, 5.41) is 7.90. The third-order valence-corrected chi connectivity index (χ3v) is 5.53. The lowest BCUT2D eigenvalue weighted by molar-refractivity contribution is -0.149. The topological polar surface area (TPSA) is 82.8 Å². The van der Waals surface area contributed by atoms with Crippen LogP contribution in [0.2, 0.25) is 0 Å². The van der Waals surface area contributed by atoms with Crippen LogP contribution in [0, 0.1) is 11.6 Å². The minimum absolute atomic E-state index is 0.000741. The van der Waals surface area contributed by atoms with Gasteiger partial charge in [0.05, 0.1) is 0 Å². The average molecular weight is 485 g/mol. The summed E-state index contributed by atoms with van der Waals surface area (Å²) in [5.74, 6) is -1.01. The zero-order valence-electron chi connectivity index (χ0n) is 18.0. The number of hydrogen-bond acceptors (Lipinski definition) is 5. The number of halogens is 5. The Bertz CT molecular complexity index is 1560. The van der Waals surface area contributed by atoms with Crippen LogP contribution in [0.4, 0.5) is 22.0 Å². The predicted molar refractivity (Wildman–Crippen MR) is 118 cm³/mol. The fourth-order valence-corrected chi connectivity index (χ4v) is 3.80. The van der Waals surface area contributed by atoms with Crippen LogP contribution in [0.15, 0.2) is 65.3 Å². The highest BCUT2D eigenvalue weighted by molar-refractivity contribution is 5.83. The molecule has 5 aromatic rings. The maximum absolute atomic E-state index is 14.5. The zero-order chi connectivity index (χ0) is 24.9. The van der Waals surface area contributed by atoms with Crippen molar-refractivity contribution < 1.29 is 26.4 Å². The predicted octanol–water partition coefficient (Wildman–Crippen LogP) is 5.80. The molecule has 0 aliphatic carbocycles. The van der Waals surface area contributed by atoms with Gasteiger partial charge >= 0.3 is 6.18 Å². The summed E-state index contributed by atoms with van der Waals surface area (Å²) < 4.78 is 74.8. The molecule has 0 bridgehead atoms. The van der Waals surface area contributed by atoms with Gasteiger partial charge in [0, 0.05) is 18.2 Å². The van der Waals surface area contributed by atoms with Crippen molar-refractivity contribution in [2.45, 2.75) is 12.2 Å². The van der Waals surface area contributed by atoms with Gasteiger partial charge in [-0.3, -0.25) is 0 Å². The molecule has 0 fully saturated rings. The first-order valence-electron chi connectivity index (χ1n) is 10.3. The molecule has 0 spiro atoms. The molecule has 178 valence electrons. The molecule has 11 heteroatoms. The van der Waals surface area contributed by atoms with Crippen molar-refractivity contribution in [2.75, 3.05) is 0 Å². The van der Waals surface area contributed by atoms with Gasteiger partial charge in [-0.1, -0.05) is 18.2 Å². The van der Waals surface area contributed by atoms with E-state index in [-0.39, 0.29) is 17.0 Å². The van der Waals surface area contributed by atoms with E-state index in [2.05, 4.69) is 15.2 Å². The lowest BCUT2D eigenvalue weighted by atomic mass is 9.97. The van der Waals surface area contributed by atoms with Gasteiger partial charge in [-0.15, -0.1) is 10.2 Å². The number of aryl methyl sites for hydroxylation is 1. The molecule has 35 heavy (non-hydrogen) atoms. The second-order valence-electron chi connectivity index (χ2n) is 7.93. The summed E-state index contributed by atoms with van der Waals surface area (Å²) in [6, 6.07) is 10.5. The molecule has 3 aromatic carbocycles. The first-order valence-corrected chi connectivity index (χ1v) is 10.3. The van der Waals surface area contributed by atoms with Crippen molar-refractivity contribution >= 4 is 11.1 Å². The van der Waals surface area contributed by atoms with Crippen molar-refractivity contribution in [3.63, 3.8) is 0 Å². The first kappa shape index (κ1) is 22.7. The monoisotopic (exact) mass is 485 g/mol. The summed E-state index contributed by atoms with van der Waals surface area (Å²) >= 11 is 0. The Morgan fingerprint density at radius 2 is 1.74 bits per heavy atom. The van der Waals surface area contributed by atoms with E-state index in [1.165, 1.54) is 18.5 Å². The first-order chi connectivity index (χ1) is 16.6. The van der Waals surface area contributed by atoms with E-state index in [1.54, 1.807) is 41.9 Å². The van der Waals surface area contributed by atoms with E-state index in [9.17, 15) is 22.0 Å². The van der Waals surface area contributed by atoms with E-state index >= 15 is 0 Å². The van der Waals surface area contributed by atoms with E-state index in [0.717, 1.165) is 6.07 Å². The van der Waals surface area contributed by atoms with Crippen LogP contribution in [0.1, 0.15) is 11.6 Å². The fraction of sp³-hybridized carbons (Fsp3) is 0.125. The second kappa shape index (κ2) is 8.27. The van der Waals surface area contributed by atoms with Crippen molar-refractivity contribution in [3.05, 3.63) is 78.1 Å². The van der Waals surface area contributed by atoms with Crippen molar-refractivity contribution in [2.24, 2.45) is 12.8 Å². The standard InChI is InChI=1S/C24H16F5N5O/c1-34-11-31-33-22(34)17-10-15(25)5-6-16(17)12-3-2-4-13(7-12)23-32-19-9-14(21(30)24(27,28)29)8-18(26)20(19)35-23/h2-11,21H,30H2,1H3/t21-/m1/s1. The third kappa shape index (κ3) is 4.14. The van der Waals surface area contributed by atoms with Crippen LogP contribution in [0.5, 0.6) is 0 Å². The molecule has 2 heterocycles. The Morgan fingerprint density at radius 3 is 2.46 bits per heavy atom. The highest BCUT2D eigenvalue weighted by Gasteiger charge is 2.38. The number of benzene rings is 3. The molecular formula is C24H16F5N5O. The number of aromatic nitrogens is 4. The zero-order valence-corrected chi connectivity index (χ0v) is 18.0. The smallest absolute Gasteiger partial charge is 0.407 e. The third-order valence-electron chi connectivity index (χ3n) is 5.53. The maximum atomic E-state index is 14.5. The molecule has 0 radical (unpaired) electrons.